The topological polar surface area (TPSA) is 101 Å². The Bertz CT molecular complexity index is 416. The maximum Gasteiger partial charge on any atom is 0.371 e. The predicted molar refractivity (Wildman–Crippen MR) is 49.1 cm³/mol. The Morgan fingerprint density at radius 1 is 1.21 bits per heavy atom. The lowest BCUT2D eigenvalue weighted by molar-refractivity contribution is -0.518. The summed E-state index contributed by atoms with van der Waals surface area (Å²) in [7, 11) is -4.13. The highest BCUT2D eigenvalue weighted by atomic mass is 32.2. The van der Waals surface area contributed by atoms with Crippen LogP contribution in [0.2, 0.25) is 0 Å². The third kappa shape index (κ3) is 3.27. The van der Waals surface area contributed by atoms with E-state index in [4.69, 9.17) is 0 Å². The molecule has 7 nitrogen and oxygen atoms in total. The van der Waals surface area contributed by atoms with Crippen LogP contribution in [-0.4, -0.2) is 13.5 Å². The molecule has 1 aromatic rings. The van der Waals surface area contributed by atoms with E-state index in [-0.39, 0.29) is 5.69 Å². The van der Waals surface area contributed by atoms with Crippen molar-refractivity contribution in [3.63, 3.8) is 0 Å². The Morgan fingerprint density at radius 2 is 1.79 bits per heavy atom. The van der Waals surface area contributed by atoms with E-state index in [2.05, 4.69) is 0 Å². The first-order chi connectivity index (χ1) is 6.49. The maximum absolute atomic E-state index is 10.9. The molecule has 0 atom stereocenters. The van der Waals surface area contributed by atoms with Crippen LogP contribution in [-0.2, 0) is 10.2 Å². The molecule has 0 bridgehead atoms. The number of hydrogen-bond acceptors (Lipinski definition) is 4. The molecule has 0 fully saturated rings. The molecule has 0 saturated heterocycles. The number of anilines is 1. The molecule has 76 valence electrons. The van der Waals surface area contributed by atoms with Crippen LogP contribution in [0, 0.1) is 10.1 Å². The summed E-state index contributed by atoms with van der Waals surface area (Å²) in [5.74, 6) is 0. The standard InChI is InChI=1S/C6H7N3O4S/c10-9(11)8-14(12,13)7-6-4-2-1-3-5-6/h1-5,7-8H. The van der Waals surface area contributed by atoms with Gasteiger partial charge in [-0.1, -0.05) is 18.2 Å². The van der Waals surface area contributed by atoms with Gasteiger partial charge in [-0.2, -0.15) is 8.42 Å². The zero-order valence-electron chi connectivity index (χ0n) is 6.88. The second-order valence-electron chi connectivity index (χ2n) is 2.32. The second kappa shape index (κ2) is 3.92. The highest BCUT2D eigenvalue weighted by Gasteiger charge is 2.14. The lowest BCUT2D eigenvalue weighted by Gasteiger charge is -2.03. The van der Waals surface area contributed by atoms with Gasteiger partial charge in [0.15, 0.2) is 5.03 Å². The molecule has 0 aromatic heterocycles. The highest BCUT2D eigenvalue weighted by molar-refractivity contribution is 7.90. The van der Waals surface area contributed by atoms with E-state index in [9.17, 15) is 18.5 Å². The Morgan fingerprint density at radius 3 is 2.29 bits per heavy atom. The van der Waals surface area contributed by atoms with Crippen molar-refractivity contribution >= 4 is 15.9 Å². The summed E-state index contributed by atoms with van der Waals surface area (Å²) in [5, 5.41) is 8.73. The van der Waals surface area contributed by atoms with E-state index in [1.54, 1.807) is 18.2 Å². The lowest BCUT2D eigenvalue weighted by atomic mass is 10.3. The highest BCUT2D eigenvalue weighted by Crippen LogP contribution is 2.06. The first kappa shape index (κ1) is 10.3. The van der Waals surface area contributed by atoms with Crippen molar-refractivity contribution in [2.45, 2.75) is 0 Å². The van der Waals surface area contributed by atoms with Crippen LogP contribution in [0.15, 0.2) is 30.3 Å². The number of nitrogens with zero attached hydrogens (tertiary/aromatic N) is 1. The fraction of sp³-hybridized carbons (Fsp3) is 0. The zero-order chi connectivity index (χ0) is 10.6. The molecule has 0 heterocycles. The molecule has 0 spiro atoms. The Hall–Kier alpha value is -1.83. The third-order valence-corrected chi connectivity index (χ3v) is 2.11. The SMILES string of the molecule is O=[N+]([O-])NS(=O)(=O)Nc1ccccc1. The average Bonchev–Trinajstić information content (AvgIpc) is 2.02. The average molecular weight is 217 g/mol. The van der Waals surface area contributed by atoms with Crippen molar-refractivity contribution in [1.29, 1.82) is 0 Å². The minimum Gasteiger partial charge on any atom is -0.263 e. The summed E-state index contributed by atoms with van der Waals surface area (Å²) in [5.41, 5.74) is 0.252. The lowest BCUT2D eigenvalue weighted by Crippen LogP contribution is -2.34. The van der Waals surface area contributed by atoms with Gasteiger partial charge in [0.05, 0.1) is 5.69 Å². The van der Waals surface area contributed by atoms with Gasteiger partial charge in [-0.3, -0.25) is 4.72 Å². The monoisotopic (exact) mass is 217 g/mol. The van der Waals surface area contributed by atoms with Crippen LogP contribution in [0.1, 0.15) is 0 Å². The van der Waals surface area contributed by atoms with Crippen LogP contribution in [0.5, 0.6) is 0 Å². The molecule has 0 amide bonds. The molecule has 2 N–H and O–H groups in total. The minimum absolute atomic E-state index is 0.252. The van der Waals surface area contributed by atoms with Gasteiger partial charge >= 0.3 is 10.2 Å². The van der Waals surface area contributed by atoms with Crippen molar-refractivity contribution < 1.29 is 13.5 Å². The molecule has 1 aromatic carbocycles. The molecule has 0 radical (unpaired) electrons. The van der Waals surface area contributed by atoms with Crippen molar-refractivity contribution in [2.24, 2.45) is 0 Å². The predicted octanol–water partition coefficient (Wildman–Crippen LogP) is 0.125. The van der Waals surface area contributed by atoms with Crippen LogP contribution < -0.4 is 9.55 Å². The summed E-state index contributed by atoms with van der Waals surface area (Å²) < 4.78 is 23.9. The number of hydrogen-bond donors (Lipinski definition) is 2. The first-order valence-corrected chi connectivity index (χ1v) is 4.97. The van der Waals surface area contributed by atoms with Gasteiger partial charge in [0.1, 0.15) is 0 Å². The van der Waals surface area contributed by atoms with Gasteiger partial charge in [0, 0.05) is 0 Å². The Balaban J connectivity index is 2.74. The first-order valence-electron chi connectivity index (χ1n) is 3.49. The summed E-state index contributed by atoms with van der Waals surface area (Å²) in [4.78, 5) is 11.0. The fourth-order valence-corrected chi connectivity index (χ4v) is 1.47. The quantitative estimate of drug-likeness (QED) is 0.552. The van der Waals surface area contributed by atoms with Gasteiger partial charge in [-0.15, -0.1) is 0 Å². The molecule has 14 heavy (non-hydrogen) atoms. The van der Waals surface area contributed by atoms with Crippen molar-refractivity contribution in [2.75, 3.05) is 4.72 Å². The number of benzene rings is 1. The molecule has 0 saturated carbocycles. The number of para-hydroxylation sites is 1. The molecule has 0 aliphatic rings. The molecule has 8 heteroatoms. The van der Waals surface area contributed by atoms with Crippen molar-refractivity contribution in [1.82, 2.24) is 4.83 Å². The van der Waals surface area contributed by atoms with Crippen LogP contribution in [0.4, 0.5) is 5.69 Å². The van der Waals surface area contributed by atoms with Gasteiger partial charge in [0.2, 0.25) is 0 Å². The number of hydrazine groups is 1. The van der Waals surface area contributed by atoms with E-state index in [0.717, 1.165) is 4.83 Å². The van der Waals surface area contributed by atoms with Gasteiger partial charge < -0.3 is 0 Å². The minimum atomic E-state index is -4.13. The normalized spacial score (nSPS) is 10.6. The van der Waals surface area contributed by atoms with E-state index < -0.39 is 15.2 Å². The summed E-state index contributed by atoms with van der Waals surface area (Å²) >= 11 is 0. The van der Waals surface area contributed by atoms with E-state index in [1.807, 2.05) is 4.72 Å². The van der Waals surface area contributed by atoms with Crippen LogP contribution in [0.3, 0.4) is 0 Å². The number of rotatable bonds is 4. The zero-order valence-corrected chi connectivity index (χ0v) is 7.69. The molecule has 0 unspecified atom stereocenters. The molecular weight excluding hydrogens is 210 g/mol. The third-order valence-electron chi connectivity index (χ3n) is 1.22. The van der Waals surface area contributed by atoms with E-state index >= 15 is 0 Å². The largest absolute Gasteiger partial charge is 0.371 e. The molecule has 0 aliphatic heterocycles. The molecular formula is C6H7N3O4S. The van der Waals surface area contributed by atoms with Crippen molar-refractivity contribution in [3.8, 4) is 0 Å². The molecule has 0 aliphatic carbocycles. The summed E-state index contributed by atoms with van der Waals surface area (Å²) in [6.45, 7) is 0. The number of nitro groups is 1. The Kier molecular flexibility index (Phi) is 2.87. The maximum atomic E-state index is 10.9. The van der Waals surface area contributed by atoms with E-state index in [1.165, 1.54) is 12.1 Å². The van der Waals surface area contributed by atoms with Gasteiger partial charge in [-0.05, 0) is 17.0 Å². The smallest absolute Gasteiger partial charge is 0.263 e. The van der Waals surface area contributed by atoms with Gasteiger partial charge in [0.25, 0.3) is 0 Å². The summed E-state index contributed by atoms with van der Waals surface area (Å²) in [6, 6.07) is 7.84. The Labute approximate surface area is 80.1 Å². The second-order valence-corrected chi connectivity index (χ2v) is 3.71. The number of nitrogens with one attached hydrogen (secondary N) is 2. The summed E-state index contributed by atoms with van der Waals surface area (Å²) in [6.07, 6.45) is 0. The van der Waals surface area contributed by atoms with E-state index in [0.29, 0.717) is 0 Å². The molecule has 1 rings (SSSR count). The van der Waals surface area contributed by atoms with Gasteiger partial charge in [-0.25, -0.2) is 10.1 Å². The van der Waals surface area contributed by atoms with Crippen molar-refractivity contribution in [3.05, 3.63) is 40.4 Å². The van der Waals surface area contributed by atoms with Crippen LogP contribution >= 0.6 is 0 Å². The van der Waals surface area contributed by atoms with Crippen LogP contribution in [0.25, 0.3) is 0 Å². The fourth-order valence-electron chi connectivity index (χ4n) is 0.782.